The van der Waals surface area contributed by atoms with Crippen LogP contribution in [0.2, 0.25) is 0 Å². The molecule has 0 aliphatic heterocycles. The molecule has 0 radical (unpaired) electrons. The Labute approximate surface area is 189 Å². The van der Waals surface area contributed by atoms with Crippen LogP contribution in [0.25, 0.3) is 0 Å². The summed E-state index contributed by atoms with van der Waals surface area (Å²) in [6.45, 7) is 3.46. The van der Waals surface area contributed by atoms with Gasteiger partial charge in [-0.2, -0.15) is 0 Å². The van der Waals surface area contributed by atoms with Gasteiger partial charge in [0.05, 0.1) is 6.10 Å². The van der Waals surface area contributed by atoms with E-state index in [1.54, 1.807) is 18.3 Å². The maximum absolute atomic E-state index is 12.1. The van der Waals surface area contributed by atoms with Crippen LogP contribution >= 0.6 is 0 Å². The quantitative estimate of drug-likeness (QED) is 0.337. The smallest absolute Gasteiger partial charge is 0.315 e. The molecule has 2 aromatic carbocycles. The number of amides is 2. The van der Waals surface area contributed by atoms with Gasteiger partial charge in [-0.15, -0.1) is 0 Å². The van der Waals surface area contributed by atoms with E-state index >= 15 is 0 Å². The van der Waals surface area contributed by atoms with Crippen molar-refractivity contribution in [1.29, 1.82) is 0 Å². The Kier molecular flexibility index (Phi) is 8.60. The molecular weight excluding hydrogens is 402 g/mol. The lowest BCUT2D eigenvalue weighted by Gasteiger charge is -2.18. The molecule has 168 valence electrons. The summed E-state index contributed by atoms with van der Waals surface area (Å²) < 4.78 is 0. The fourth-order valence-electron chi connectivity index (χ4n) is 3.36. The summed E-state index contributed by atoms with van der Waals surface area (Å²) in [5.74, 6) is 0.435. The van der Waals surface area contributed by atoms with Crippen molar-refractivity contribution < 1.29 is 9.90 Å². The van der Waals surface area contributed by atoms with E-state index in [9.17, 15) is 9.90 Å². The summed E-state index contributed by atoms with van der Waals surface area (Å²) in [5.41, 5.74) is 9.59. The number of aliphatic hydroxyl groups is 1. The van der Waals surface area contributed by atoms with Crippen LogP contribution in [0.5, 0.6) is 0 Å². The molecule has 0 spiro atoms. The molecule has 0 aliphatic carbocycles. The van der Waals surface area contributed by atoms with Crippen LogP contribution in [-0.2, 0) is 19.5 Å². The zero-order valence-electron chi connectivity index (χ0n) is 18.3. The number of urea groups is 1. The van der Waals surface area contributed by atoms with Crippen molar-refractivity contribution in [3.05, 3.63) is 95.2 Å². The van der Waals surface area contributed by atoms with Gasteiger partial charge in [0.2, 0.25) is 0 Å². The number of hydrogen-bond acceptors (Lipinski definition) is 5. The minimum atomic E-state index is -0.643. The molecule has 2 amide bonds. The first-order valence-electron chi connectivity index (χ1n) is 10.8. The molecule has 0 unspecified atom stereocenters. The van der Waals surface area contributed by atoms with E-state index in [-0.39, 0.29) is 12.1 Å². The number of carbonyl (C=O) groups excluding carboxylic acids is 1. The number of nitrogens with two attached hydrogens (primary N) is 1. The number of hydrogen-bond donors (Lipinski definition) is 5. The second-order valence-corrected chi connectivity index (χ2v) is 7.89. The summed E-state index contributed by atoms with van der Waals surface area (Å²) in [7, 11) is 0. The van der Waals surface area contributed by atoms with E-state index in [0.29, 0.717) is 25.5 Å². The number of pyridine rings is 1. The van der Waals surface area contributed by atoms with Crippen LogP contribution in [0.4, 0.5) is 10.6 Å². The first kappa shape index (κ1) is 23.2. The lowest BCUT2D eigenvalue weighted by atomic mass is 10.0. The van der Waals surface area contributed by atoms with Crippen molar-refractivity contribution in [3.8, 4) is 0 Å². The third kappa shape index (κ3) is 7.68. The van der Waals surface area contributed by atoms with Gasteiger partial charge < -0.3 is 26.8 Å². The molecule has 6 N–H and O–H groups in total. The fourth-order valence-corrected chi connectivity index (χ4v) is 3.36. The number of nitrogen functional groups attached to an aromatic ring is 1. The molecule has 0 fully saturated rings. The Bertz CT molecular complexity index is 979. The Morgan fingerprint density at radius 3 is 2.38 bits per heavy atom. The molecule has 0 aliphatic rings. The van der Waals surface area contributed by atoms with Crippen LogP contribution in [0.15, 0.2) is 72.9 Å². The number of aromatic nitrogens is 1. The average Bonchev–Trinajstić information content (AvgIpc) is 2.81. The highest BCUT2D eigenvalue weighted by Crippen LogP contribution is 2.13. The number of aliphatic hydroxyl groups excluding tert-OH is 1. The van der Waals surface area contributed by atoms with Gasteiger partial charge in [-0.25, -0.2) is 9.78 Å². The van der Waals surface area contributed by atoms with E-state index in [4.69, 9.17) is 5.73 Å². The fraction of sp³-hybridized carbons (Fsp3) is 0.280. The Morgan fingerprint density at radius 2 is 1.66 bits per heavy atom. The van der Waals surface area contributed by atoms with Gasteiger partial charge in [0, 0.05) is 37.4 Å². The van der Waals surface area contributed by atoms with Crippen molar-refractivity contribution in [2.75, 3.05) is 12.3 Å². The minimum Gasteiger partial charge on any atom is -0.387 e. The van der Waals surface area contributed by atoms with E-state index in [2.05, 4.69) is 40.0 Å². The number of carbonyl (C=O) groups is 1. The summed E-state index contributed by atoms with van der Waals surface area (Å²) in [4.78, 5) is 16.1. The van der Waals surface area contributed by atoms with Gasteiger partial charge in [-0.3, -0.25) is 0 Å². The summed E-state index contributed by atoms with van der Waals surface area (Å²) in [6, 6.07) is 21.4. The zero-order valence-corrected chi connectivity index (χ0v) is 18.3. The first-order chi connectivity index (χ1) is 15.5. The summed E-state index contributed by atoms with van der Waals surface area (Å²) in [6.07, 6.45) is 1.76. The molecule has 1 aromatic heterocycles. The molecular formula is C25H31N5O2. The standard InChI is InChI=1S/C25H31N5O2/c1-18(27-17-23(31)22-10-11-24(26)28-16-22)12-20-8-5-9-21(13-20)15-30-25(32)29-14-19-6-3-2-4-7-19/h2-11,13,16,18,23,27,31H,12,14-15,17H2,1H3,(H2,26,28)(H2,29,30,32)/t18-,23-/m1/s1. The van der Waals surface area contributed by atoms with Crippen LogP contribution in [0.3, 0.4) is 0 Å². The van der Waals surface area contributed by atoms with E-state index < -0.39 is 6.10 Å². The molecule has 0 saturated heterocycles. The molecule has 0 saturated carbocycles. The van der Waals surface area contributed by atoms with Gasteiger partial charge in [-0.1, -0.05) is 60.7 Å². The molecule has 7 nitrogen and oxygen atoms in total. The largest absolute Gasteiger partial charge is 0.387 e. The molecule has 7 heteroatoms. The lowest BCUT2D eigenvalue weighted by Crippen LogP contribution is -2.34. The number of anilines is 1. The predicted molar refractivity (Wildman–Crippen MR) is 127 cm³/mol. The summed E-state index contributed by atoms with van der Waals surface area (Å²) >= 11 is 0. The second-order valence-electron chi connectivity index (χ2n) is 7.89. The molecule has 2 atom stereocenters. The van der Waals surface area contributed by atoms with Crippen LogP contribution in [0.1, 0.15) is 35.3 Å². The van der Waals surface area contributed by atoms with Gasteiger partial charge in [0.1, 0.15) is 5.82 Å². The third-order valence-corrected chi connectivity index (χ3v) is 5.14. The average molecular weight is 434 g/mol. The summed E-state index contributed by atoms with van der Waals surface area (Å²) in [5, 5.41) is 19.4. The highest BCUT2D eigenvalue weighted by molar-refractivity contribution is 5.73. The predicted octanol–water partition coefficient (Wildman–Crippen LogP) is 2.92. The topological polar surface area (TPSA) is 112 Å². The van der Waals surface area contributed by atoms with Crippen LogP contribution < -0.4 is 21.7 Å². The van der Waals surface area contributed by atoms with E-state index in [1.807, 2.05) is 42.5 Å². The molecule has 32 heavy (non-hydrogen) atoms. The van der Waals surface area contributed by atoms with Gasteiger partial charge in [-0.05, 0) is 36.1 Å². The minimum absolute atomic E-state index is 0.170. The van der Waals surface area contributed by atoms with Crippen molar-refractivity contribution in [2.45, 2.75) is 38.6 Å². The van der Waals surface area contributed by atoms with Crippen molar-refractivity contribution in [2.24, 2.45) is 0 Å². The van der Waals surface area contributed by atoms with E-state index in [1.165, 1.54) is 0 Å². The maximum atomic E-state index is 12.1. The number of rotatable bonds is 10. The molecule has 3 aromatic rings. The molecule has 1 heterocycles. The Balaban J connectivity index is 1.41. The monoisotopic (exact) mass is 433 g/mol. The van der Waals surface area contributed by atoms with Crippen LogP contribution in [-0.4, -0.2) is 28.7 Å². The van der Waals surface area contributed by atoms with Crippen molar-refractivity contribution in [3.63, 3.8) is 0 Å². The van der Waals surface area contributed by atoms with Crippen molar-refractivity contribution in [1.82, 2.24) is 20.9 Å². The number of benzene rings is 2. The SMILES string of the molecule is C[C@H](Cc1cccc(CNC(=O)NCc2ccccc2)c1)NC[C@@H](O)c1ccc(N)nc1. The Hall–Kier alpha value is -3.42. The normalized spacial score (nSPS) is 12.7. The maximum Gasteiger partial charge on any atom is 0.315 e. The van der Waals surface area contributed by atoms with Gasteiger partial charge >= 0.3 is 6.03 Å². The lowest BCUT2D eigenvalue weighted by molar-refractivity contribution is 0.170. The second kappa shape index (κ2) is 11.8. The number of nitrogens with zero attached hydrogens (tertiary/aromatic N) is 1. The van der Waals surface area contributed by atoms with Gasteiger partial charge in [0.25, 0.3) is 0 Å². The molecule has 3 rings (SSSR count). The highest BCUT2D eigenvalue weighted by Gasteiger charge is 2.11. The van der Waals surface area contributed by atoms with Crippen molar-refractivity contribution >= 4 is 11.8 Å². The Morgan fingerprint density at radius 1 is 0.969 bits per heavy atom. The third-order valence-electron chi connectivity index (χ3n) is 5.14. The van der Waals surface area contributed by atoms with Gasteiger partial charge in [0.15, 0.2) is 0 Å². The highest BCUT2D eigenvalue weighted by atomic mass is 16.3. The number of nitrogens with one attached hydrogen (secondary N) is 3. The first-order valence-corrected chi connectivity index (χ1v) is 10.8. The van der Waals surface area contributed by atoms with Crippen LogP contribution in [0, 0.1) is 0 Å². The zero-order chi connectivity index (χ0) is 22.8. The van der Waals surface area contributed by atoms with E-state index in [0.717, 1.165) is 28.7 Å². The molecule has 0 bridgehead atoms.